The predicted octanol–water partition coefficient (Wildman–Crippen LogP) is 1.11. The zero-order valence-corrected chi connectivity index (χ0v) is 9.04. The van der Waals surface area contributed by atoms with E-state index in [0.717, 1.165) is 0 Å². The van der Waals surface area contributed by atoms with Gasteiger partial charge in [-0.1, -0.05) is 0 Å². The zero-order chi connectivity index (χ0) is 12.6. The maximum absolute atomic E-state index is 12.7. The summed E-state index contributed by atoms with van der Waals surface area (Å²) in [5, 5.41) is 8.66. The van der Waals surface area contributed by atoms with E-state index in [0.29, 0.717) is 0 Å². The van der Waals surface area contributed by atoms with Gasteiger partial charge in [0.2, 0.25) is 0 Å². The molecule has 1 aliphatic rings. The fraction of sp³-hybridized carbons (Fsp3) is 0.889. The molecule has 1 N–H and O–H groups in total. The van der Waals surface area contributed by atoms with Crippen molar-refractivity contribution in [1.82, 2.24) is 4.90 Å². The molecule has 94 valence electrons. The summed E-state index contributed by atoms with van der Waals surface area (Å²) >= 11 is 0. The Hall–Kier alpha value is -0.820. The molecule has 4 nitrogen and oxygen atoms in total. The second-order valence-corrected chi connectivity index (χ2v) is 3.84. The van der Waals surface area contributed by atoms with Crippen LogP contribution in [0.1, 0.15) is 13.8 Å². The van der Waals surface area contributed by atoms with E-state index in [1.807, 2.05) is 0 Å². The first kappa shape index (κ1) is 13.2. The van der Waals surface area contributed by atoms with Crippen molar-refractivity contribution < 1.29 is 27.8 Å². The highest BCUT2D eigenvalue weighted by Gasteiger charge is 2.64. The van der Waals surface area contributed by atoms with Crippen molar-refractivity contribution in [3.05, 3.63) is 0 Å². The van der Waals surface area contributed by atoms with Crippen molar-refractivity contribution in [2.75, 3.05) is 19.7 Å². The number of carboxylic acid groups (broad SMARTS) is 1. The molecule has 0 aliphatic carbocycles. The van der Waals surface area contributed by atoms with Crippen LogP contribution in [-0.2, 0) is 9.53 Å². The Bertz CT molecular complexity index is 274. The summed E-state index contributed by atoms with van der Waals surface area (Å²) in [6.45, 7) is 1.95. The van der Waals surface area contributed by atoms with E-state index in [2.05, 4.69) is 0 Å². The number of nitrogens with zero attached hydrogens (tertiary/aromatic N) is 1. The zero-order valence-electron chi connectivity index (χ0n) is 9.04. The van der Waals surface area contributed by atoms with Crippen LogP contribution in [-0.4, -0.2) is 53.5 Å². The van der Waals surface area contributed by atoms with Crippen molar-refractivity contribution in [1.29, 1.82) is 0 Å². The highest BCUT2D eigenvalue weighted by atomic mass is 19.4. The summed E-state index contributed by atoms with van der Waals surface area (Å²) in [6, 6.07) is -0.920. The Labute approximate surface area is 91.0 Å². The first-order valence-electron chi connectivity index (χ1n) is 4.91. The molecule has 0 aromatic rings. The van der Waals surface area contributed by atoms with Gasteiger partial charge in [0.25, 0.3) is 0 Å². The van der Waals surface area contributed by atoms with Crippen LogP contribution in [0.2, 0.25) is 0 Å². The van der Waals surface area contributed by atoms with Crippen molar-refractivity contribution in [2.45, 2.75) is 31.7 Å². The standard InChI is InChI=1S/C9H14F3NO3/c1-3-16-8(9(10,11)12)4-13(5-8)6(2)7(14)15/h6H,3-5H2,1-2H3,(H,14,15)/t6-/m1/s1. The summed E-state index contributed by atoms with van der Waals surface area (Å²) < 4.78 is 42.8. The summed E-state index contributed by atoms with van der Waals surface area (Å²) in [5.41, 5.74) is -2.19. The van der Waals surface area contributed by atoms with Crippen LogP contribution in [0.15, 0.2) is 0 Å². The van der Waals surface area contributed by atoms with Gasteiger partial charge in [0, 0.05) is 19.7 Å². The lowest BCUT2D eigenvalue weighted by Crippen LogP contribution is -2.72. The molecule has 0 bridgehead atoms. The minimum atomic E-state index is -4.46. The van der Waals surface area contributed by atoms with Gasteiger partial charge in [-0.25, -0.2) is 0 Å². The Morgan fingerprint density at radius 3 is 2.38 bits per heavy atom. The number of hydrogen-bond acceptors (Lipinski definition) is 3. The highest BCUT2D eigenvalue weighted by molar-refractivity contribution is 5.73. The first-order valence-corrected chi connectivity index (χ1v) is 4.91. The fourth-order valence-electron chi connectivity index (χ4n) is 1.67. The molecule has 1 saturated heterocycles. The molecular weight excluding hydrogens is 227 g/mol. The molecular formula is C9H14F3NO3. The molecule has 0 aromatic heterocycles. The van der Waals surface area contributed by atoms with E-state index in [-0.39, 0.29) is 6.61 Å². The molecule has 7 heteroatoms. The molecule has 1 rings (SSSR count). The lowest BCUT2D eigenvalue weighted by Gasteiger charge is -2.51. The Balaban J connectivity index is 2.66. The number of likely N-dealkylation sites (tertiary alicyclic amines) is 1. The second kappa shape index (κ2) is 4.21. The Morgan fingerprint density at radius 1 is 1.56 bits per heavy atom. The van der Waals surface area contributed by atoms with Crippen molar-refractivity contribution in [3.63, 3.8) is 0 Å². The van der Waals surface area contributed by atoms with Crippen LogP contribution >= 0.6 is 0 Å². The minimum Gasteiger partial charge on any atom is -0.480 e. The van der Waals surface area contributed by atoms with Crippen LogP contribution < -0.4 is 0 Å². The van der Waals surface area contributed by atoms with Crippen molar-refractivity contribution in [2.24, 2.45) is 0 Å². The smallest absolute Gasteiger partial charge is 0.419 e. The van der Waals surface area contributed by atoms with E-state index in [4.69, 9.17) is 9.84 Å². The number of carbonyl (C=O) groups is 1. The number of halogens is 3. The quantitative estimate of drug-likeness (QED) is 0.801. The maximum atomic E-state index is 12.7. The molecule has 0 aromatic carbocycles. The molecule has 1 fully saturated rings. The predicted molar refractivity (Wildman–Crippen MR) is 49.1 cm³/mol. The third-order valence-corrected chi connectivity index (χ3v) is 2.76. The minimum absolute atomic E-state index is 0.0468. The molecule has 1 aliphatic heterocycles. The van der Waals surface area contributed by atoms with Crippen molar-refractivity contribution >= 4 is 5.97 Å². The van der Waals surface area contributed by atoms with Gasteiger partial charge in [0.15, 0.2) is 5.60 Å². The topological polar surface area (TPSA) is 49.8 Å². The lowest BCUT2D eigenvalue weighted by atomic mass is 9.91. The van der Waals surface area contributed by atoms with Crippen LogP contribution in [0.5, 0.6) is 0 Å². The van der Waals surface area contributed by atoms with Gasteiger partial charge in [0.1, 0.15) is 6.04 Å². The molecule has 0 saturated carbocycles. The van der Waals surface area contributed by atoms with Gasteiger partial charge < -0.3 is 9.84 Å². The fourth-order valence-corrected chi connectivity index (χ4v) is 1.67. The second-order valence-electron chi connectivity index (χ2n) is 3.84. The van der Waals surface area contributed by atoms with Gasteiger partial charge in [-0.15, -0.1) is 0 Å². The number of rotatable bonds is 4. The molecule has 1 atom stereocenters. The van der Waals surface area contributed by atoms with Crippen LogP contribution in [0.3, 0.4) is 0 Å². The molecule has 16 heavy (non-hydrogen) atoms. The van der Waals surface area contributed by atoms with Crippen LogP contribution in [0.4, 0.5) is 13.2 Å². The summed E-state index contributed by atoms with van der Waals surface area (Å²) in [4.78, 5) is 11.8. The van der Waals surface area contributed by atoms with E-state index >= 15 is 0 Å². The molecule has 0 spiro atoms. The number of ether oxygens (including phenoxy) is 1. The Morgan fingerprint density at radius 2 is 2.06 bits per heavy atom. The maximum Gasteiger partial charge on any atom is 0.419 e. The number of alkyl halides is 3. The van der Waals surface area contributed by atoms with Crippen molar-refractivity contribution in [3.8, 4) is 0 Å². The average molecular weight is 241 g/mol. The summed E-state index contributed by atoms with van der Waals surface area (Å²) in [5.74, 6) is -1.13. The van der Waals surface area contributed by atoms with E-state index in [1.165, 1.54) is 18.7 Å². The van der Waals surface area contributed by atoms with Gasteiger partial charge in [-0.2, -0.15) is 13.2 Å². The van der Waals surface area contributed by atoms with Gasteiger partial charge in [0.05, 0.1) is 0 Å². The molecule has 0 amide bonds. The number of carboxylic acids is 1. The highest BCUT2D eigenvalue weighted by Crippen LogP contribution is 2.41. The third-order valence-electron chi connectivity index (χ3n) is 2.76. The third kappa shape index (κ3) is 2.15. The molecule has 1 heterocycles. The van der Waals surface area contributed by atoms with Crippen LogP contribution in [0, 0.1) is 0 Å². The largest absolute Gasteiger partial charge is 0.480 e. The number of aliphatic carboxylic acids is 1. The summed E-state index contributed by atoms with van der Waals surface area (Å²) in [6.07, 6.45) is -4.46. The normalized spacial score (nSPS) is 22.6. The van der Waals surface area contributed by atoms with Crippen LogP contribution in [0.25, 0.3) is 0 Å². The van der Waals surface area contributed by atoms with E-state index in [9.17, 15) is 18.0 Å². The van der Waals surface area contributed by atoms with E-state index < -0.39 is 36.9 Å². The lowest BCUT2D eigenvalue weighted by molar-refractivity contribution is -0.320. The SMILES string of the molecule is CCOC1(C(F)(F)F)CN([C@H](C)C(=O)O)C1. The van der Waals surface area contributed by atoms with Gasteiger partial charge in [-0.3, -0.25) is 9.69 Å². The monoisotopic (exact) mass is 241 g/mol. The first-order chi connectivity index (χ1) is 7.23. The Kier molecular flexibility index (Phi) is 3.49. The van der Waals surface area contributed by atoms with Gasteiger partial charge in [-0.05, 0) is 13.8 Å². The van der Waals surface area contributed by atoms with Gasteiger partial charge >= 0.3 is 12.1 Å². The number of hydrogen-bond donors (Lipinski definition) is 1. The molecule has 0 radical (unpaired) electrons. The summed E-state index contributed by atoms with van der Waals surface area (Å²) in [7, 11) is 0. The average Bonchev–Trinajstić information content (AvgIpc) is 2.07. The van der Waals surface area contributed by atoms with E-state index in [1.54, 1.807) is 0 Å². The molecule has 0 unspecified atom stereocenters.